The van der Waals surface area contributed by atoms with E-state index in [0.717, 1.165) is 0 Å². The molecule has 1 unspecified atom stereocenters. The van der Waals surface area contributed by atoms with Crippen LogP contribution in [-0.4, -0.2) is 39.5 Å². The summed E-state index contributed by atoms with van der Waals surface area (Å²) in [5.74, 6) is -0.496. The molecule has 1 aliphatic rings. The summed E-state index contributed by atoms with van der Waals surface area (Å²) in [6, 6.07) is 11.8. The Morgan fingerprint density at radius 3 is 2.48 bits per heavy atom. The van der Waals surface area contributed by atoms with Gasteiger partial charge in [-0.2, -0.15) is 0 Å². The van der Waals surface area contributed by atoms with E-state index in [1.807, 2.05) is 0 Å². The van der Waals surface area contributed by atoms with Crippen LogP contribution in [0, 0.1) is 15.0 Å². The lowest BCUT2D eigenvalue weighted by Crippen LogP contribution is -2.49. The highest BCUT2D eigenvalue weighted by Gasteiger charge is 2.37. The molecule has 0 fully saturated rings. The van der Waals surface area contributed by atoms with Gasteiger partial charge in [-0.15, -0.1) is 0 Å². The minimum atomic E-state index is -1.38. The van der Waals surface area contributed by atoms with Gasteiger partial charge >= 0.3 is 6.09 Å². The predicted octanol–water partition coefficient (Wildman–Crippen LogP) is 2.13. The maximum Gasteiger partial charge on any atom is 0.409 e. The average Bonchev–Trinajstić information content (AvgIpc) is 2.77. The van der Waals surface area contributed by atoms with Gasteiger partial charge in [0.25, 0.3) is 17.8 Å². The number of nitro benzene ring substituents is 1. The molecular weight excluding hydrogens is 356 g/mol. The van der Waals surface area contributed by atoms with Crippen LogP contribution < -0.4 is 10.2 Å². The van der Waals surface area contributed by atoms with E-state index in [-0.39, 0.29) is 24.3 Å². The lowest BCUT2D eigenvalue weighted by Gasteiger charge is -2.22. The molecule has 0 saturated heterocycles. The van der Waals surface area contributed by atoms with Crippen molar-refractivity contribution in [3.63, 3.8) is 0 Å². The number of benzene rings is 2. The molecule has 10 nitrogen and oxygen atoms in total. The number of carboxylic acid groups (broad SMARTS) is 1. The van der Waals surface area contributed by atoms with Gasteiger partial charge in [-0.3, -0.25) is 25.1 Å². The predicted molar refractivity (Wildman–Crippen MR) is 93.5 cm³/mol. The maximum atomic E-state index is 13.0. The molecule has 3 rings (SSSR count). The van der Waals surface area contributed by atoms with Gasteiger partial charge in [0.2, 0.25) is 6.54 Å². The van der Waals surface area contributed by atoms with Crippen LogP contribution in [0.2, 0.25) is 0 Å². The second-order valence-electron chi connectivity index (χ2n) is 5.89. The number of hydrogen-bond donors (Lipinski definition) is 2. The van der Waals surface area contributed by atoms with Gasteiger partial charge in [0.15, 0.2) is 0 Å². The quantitative estimate of drug-likeness (QED) is 0.482. The molecule has 0 aliphatic carbocycles. The van der Waals surface area contributed by atoms with Crippen LogP contribution in [0.15, 0.2) is 48.5 Å². The number of para-hydroxylation sites is 1. The van der Waals surface area contributed by atoms with E-state index in [9.17, 15) is 24.6 Å². The highest BCUT2D eigenvalue weighted by Crippen LogP contribution is 2.27. The first-order chi connectivity index (χ1) is 12.9. The molecule has 0 radical (unpaired) electrons. The molecule has 1 aliphatic heterocycles. The molecule has 0 spiro atoms. The van der Waals surface area contributed by atoms with Crippen LogP contribution in [0.5, 0.6) is 0 Å². The van der Waals surface area contributed by atoms with Crippen molar-refractivity contribution >= 4 is 23.4 Å². The molecule has 2 N–H and O–H groups in total. The Balaban J connectivity index is 1.99. The van der Waals surface area contributed by atoms with E-state index in [2.05, 4.69) is 5.32 Å². The molecule has 2 aromatic rings. The second-order valence-corrected chi connectivity index (χ2v) is 5.89. The number of amides is 2. The molecule has 0 saturated carbocycles. The second kappa shape index (κ2) is 7.20. The van der Waals surface area contributed by atoms with Crippen LogP contribution in [0.3, 0.4) is 0 Å². The summed E-state index contributed by atoms with van der Waals surface area (Å²) in [6.45, 7) is -0.298. The molecule has 1 heterocycles. The molecule has 2 aromatic carbocycles. The molecule has 1 atom stereocenters. The number of nitroso groups, excluding NO2 is 1. The first kappa shape index (κ1) is 18.0. The number of nitrogens with one attached hydrogen (secondary N) is 1. The molecule has 10 heteroatoms. The largest absolute Gasteiger partial charge is 0.465 e. The third-order valence-electron chi connectivity index (χ3n) is 4.17. The third kappa shape index (κ3) is 3.73. The van der Waals surface area contributed by atoms with Gasteiger partial charge in [-0.25, -0.2) is 4.79 Å². The van der Waals surface area contributed by atoms with Gasteiger partial charge in [0, 0.05) is 32.9 Å². The Hall–Kier alpha value is -3.82. The fourth-order valence-corrected chi connectivity index (χ4v) is 2.88. The van der Waals surface area contributed by atoms with Gasteiger partial charge in [0.05, 0.1) is 10.6 Å². The average molecular weight is 371 g/mol. The zero-order valence-corrected chi connectivity index (χ0v) is 13.9. The van der Waals surface area contributed by atoms with E-state index in [1.165, 1.54) is 29.2 Å². The van der Waals surface area contributed by atoms with Crippen molar-refractivity contribution < 1.29 is 24.4 Å². The number of carbonyl (C=O) groups excluding carboxylic acids is 1. The summed E-state index contributed by atoms with van der Waals surface area (Å²) < 4.78 is 0.566. The lowest BCUT2D eigenvalue weighted by molar-refractivity contribution is -0.601. The molecule has 2 amide bonds. The molecular formula is C17H15N4O6+. The topological polar surface area (TPSA) is 133 Å². The maximum absolute atomic E-state index is 13.0. The number of nitrogens with zero attached hydrogens (tertiary/aromatic N) is 3. The lowest BCUT2D eigenvalue weighted by atomic mass is 10.1. The zero-order valence-electron chi connectivity index (χ0n) is 13.9. The highest BCUT2D eigenvalue weighted by atomic mass is 16.6. The summed E-state index contributed by atoms with van der Waals surface area (Å²) in [6.07, 6.45) is -2.54. The first-order valence-electron chi connectivity index (χ1n) is 7.94. The molecule has 0 bridgehead atoms. The fraction of sp³-hybridized carbons (Fsp3) is 0.176. The van der Waals surface area contributed by atoms with Crippen LogP contribution in [0.1, 0.15) is 15.9 Å². The summed E-state index contributed by atoms with van der Waals surface area (Å²) in [5.41, 5.74) is 1.08. The fourth-order valence-electron chi connectivity index (χ4n) is 2.88. The number of non-ortho nitro benzene ring substituents is 1. The van der Waals surface area contributed by atoms with Gasteiger partial charge in [0.1, 0.15) is 6.54 Å². The van der Waals surface area contributed by atoms with Crippen molar-refractivity contribution in [2.24, 2.45) is 0 Å². The van der Waals surface area contributed by atoms with Crippen molar-refractivity contribution in [1.82, 2.24) is 5.32 Å². The van der Waals surface area contributed by atoms with E-state index < -0.39 is 23.1 Å². The van der Waals surface area contributed by atoms with Crippen molar-refractivity contribution in [3.8, 4) is 0 Å². The number of hydrogen-bond acceptors (Lipinski definition) is 5. The number of nitro groups is 1. The first-order valence-corrected chi connectivity index (χ1v) is 7.94. The molecule has 138 valence electrons. The number of fused-ring (bicyclic) bond motifs is 1. The SMILES string of the molecule is O=C(O)NC1CN(C(=O)c2ccc([N+](=O)[O-])cc2)c2ccccc2C[N+]1=O. The number of anilines is 1. The van der Waals surface area contributed by atoms with Crippen molar-refractivity contribution in [1.29, 1.82) is 0 Å². The Morgan fingerprint density at radius 1 is 1.19 bits per heavy atom. The van der Waals surface area contributed by atoms with Crippen LogP contribution >= 0.6 is 0 Å². The Morgan fingerprint density at radius 2 is 1.85 bits per heavy atom. The van der Waals surface area contributed by atoms with Gasteiger partial charge in [-0.05, 0) is 18.2 Å². The van der Waals surface area contributed by atoms with E-state index in [4.69, 9.17) is 5.11 Å². The van der Waals surface area contributed by atoms with Crippen molar-refractivity contribution in [3.05, 3.63) is 74.7 Å². The Kier molecular flexibility index (Phi) is 4.79. The van der Waals surface area contributed by atoms with Crippen LogP contribution in [0.25, 0.3) is 0 Å². The minimum Gasteiger partial charge on any atom is -0.465 e. The monoisotopic (exact) mass is 371 g/mol. The summed E-state index contributed by atoms with van der Waals surface area (Å²) in [4.78, 5) is 47.8. The number of carbonyl (C=O) groups is 2. The van der Waals surface area contributed by atoms with Crippen LogP contribution in [0.4, 0.5) is 16.2 Å². The molecule has 27 heavy (non-hydrogen) atoms. The summed E-state index contributed by atoms with van der Waals surface area (Å²) in [7, 11) is 0. The Labute approximate surface area is 152 Å². The van der Waals surface area contributed by atoms with Gasteiger partial charge in [-0.1, -0.05) is 18.2 Å². The van der Waals surface area contributed by atoms with Crippen molar-refractivity contribution in [2.75, 3.05) is 11.4 Å². The van der Waals surface area contributed by atoms with Gasteiger partial charge < -0.3 is 5.11 Å². The van der Waals surface area contributed by atoms with E-state index in [0.29, 0.717) is 16.0 Å². The zero-order chi connectivity index (χ0) is 19.6. The molecule has 0 aromatic heterocycles. The summed E-state index contributed by atoms with van der Waals surface area (Å²) >= 11 is 0. The van der Waals surface area contributed by atoms with E-state index >= 15 is 0 Å². The highest BCUT2D eigenvalue weighted by molar-refractivity contribution is 6.06. The van der Waals surface area contributed by atoms with Crippen LogP contribution in [-0.2, 0) is 6.54 Å². The minimum absolute atomic E-state index is 0.0921. The summed E-state index contributed by atoms with van der Waals surface area (Å²) in [5, 5.41) is 21.9. The van der Waals surface area contributed by atoms with Crippen molar-refractivity contribution in [2.45, 2.75) is 12.7 Å². The standard InChI is InChI=1S/C17H14N4O6/c22-16(11-5-7-13(8-6-11)21(26)27)19-10-15(18-17(23)24)20(25)9-12-3-1-2-4-14(12)19/h1-8,15,18H,9-10H2/p+1. The normalized spacial score (nSPS) is 16.2. The third-order valence-corrected chi connectivity index (χ3v) is 4.17. The number of rotatable bonds is 3. The smallest absolute Gasteiger partial charge is 0.409 e. The van der Waals surface area contributed by atoms with E-state index in [1.54, 1.807) is 24.3 Å². The Bertz CT molecular complexity index is 927.